The summed E-state index contributed by atoms with van der Waals surface area (Å²) >= 11 is 0. The number of hydrogen-bond donors (Lipinski definition) is 2. The van der Waals surface area contributed by atoms with E-state index < -0.39 is 6.04 Å². The second-order valence-electron chi connectivity index (χ2n) is 6.71. The molecule has 0 aliphatic carbocycles. The van der Waals surface area contributed by atoms with Crippen LogP contribution in [0.5, 0.6) is 5.75 Å². The van der Waals surface area contributed by atoms with E-state index in [2.05, 4.69) is 15.3 Å². The number of carbonyl (C=O) groups is 1. The van der Waals surface area contributed by atoms with E-state index in [1.165, 1.54) is 0 Å². The zero-order chi connectivity index (χ0) is 20.9. The summed E-state index contributed by atoms with van der Waals surface area (Å²) in [6.07, 6.45) is 3.37. The van der Waals surface area contributed by atoms with Gasteiger partial charge in [0.05, 0.1) is 23.9 Å². The van der Waals surface area contributed by atoms with Crippen LogP contribution in [0.4, 0.5) is 5.69 Å². The number of rotatable bonds is 6. The Morgan fingerprint density at radius 1 is 1.00 bits per heavy atom. The van der Waals surface area contributed by atoms with Crippen LogP contribution in [0.15, 0.2) is 79.1 Å². The van der Waals surface area contributed by atoms with Gasteiger partial charge in [-0.15, -0.1) is 0 Å². The number of anilines is 1. The van der Waals surface area contributed by atoms with Gasteiger partial charge in [-0.2, -0.15) is 0 Å². The predicted molar refractivity (Wildman–Crippen MR) is 116 cm³/mol. The Morgan fingerprint density at radius 3 is 2.53 bits per heavy atom. The fraction of sp³-hybridized carbons (Fsp3) is 0.125. The molecule has 0 saturated carbocycles. The molecule has 0 amide bonds. The first kappa shape index (κ1) is 19.4. The van der Waals surface area contributed by atoms with Crippen molar-refractivity contribution in [3.05, 3.63) is 95.9 Å². The van der Waals surface area contributed by atoms with Gasteiger partial charge in [0, 0.05) is 29.0 Å². The molecule has 0 bridgehead atoms. The number of phenols is 1. The monoisotopic (exact) mass is 399 g/mol. The molecular weight excluding hydrogens is 378 g/mol. The van der Waals surface area contributed by atoms with Crippen molar-refractivity contribution in [3.8, 4) is 5.75 Å². The highest BCUT2D eigenvalue weighted by atomic mass is 16.5. The first-order valence-electron chi connectivity index (χ1n) is 9.68. The van der Waals surface area contributed by atoms with Gasteiger partial charge in [0.25, 0.3) is 0 Å². The summed E-state index contributed by atoms with van der Waals surface area (Å²) in [6, 6.07) is 19.8. The lowest BCUT2D eigenvalue weighted by Gasteiger charge is -2.21. The molecule has 0 fully saturated rings. The molecule has 2 aromatic carbocycles. The van der Waals surface area contributed by atoms with E-state index in [4.69, 9.17) is 4.74 Å². The van der Waals surface area contributed by atoms with Crippen LogP contribution < -0.4 is 5.32 Å². The Kier molecular flexibility index (Phi) is 5.57. The first-order valence-corrected chi connectivity index (χ1v) is 9.68. The zero-order valence-electron chi connectivity index (χ0n) is 16.4. The van der Waals surface area contributed by atoms with Gasteiger partial charge < -0.3 is 15.2 Å². The maximum atomic E-state index is 11.9. The number of ether oxygens (including phenoxy) is 1. The second-order valence-corrected chi connectivity index (χ2v) is 6.71. The van der Waals surface area contributed by atoms with Crippen molar-refractivity contribution in [1.29, 1.82) is 0 Å². The lowest BCUT2D eigenvalue weighted by molar-refractivity contribution is 0.0526. The highest BCUT2D eigenvalue weighted by molar-refractivity contribution is 5.90. The minimum Gasteiger partial charge on any atom is -0.505 e. The molecule has 0 radical (unpaired) electrons. The first-order chi connectivity index (χ1) is 14.7. The highest BCUT2D eigenvalue weighted by Gasteiger charge is 2.21. The van der Waals surface area contributed by atoms with Crippen molar-refractivity contribution >= 4 is 22.6 Å². The molecular formula is C24H21N3O3. The number of nitrogens with zero attached hydrogens (tertiary/aromatic N) is 2. The van der Waals surface area contributed by atoms with E-state index >= 15 is 0 Å². The summed E-state index contributed by atoms with van der Waals surface area (Å²) in [4.78, 5) is 20.7. The number of esters is 1. The van der Waals surface area contributed by atoms with Gasteiger partial charge in [-0.05, 0) is 49.4 Å². The number of phenolic OH excluding ortho intramolecular Hbond substituents is 1. The summed E-state index contributed by atoms with van der Waals surface area (Å²) in [5.74, 6) is -0.247. The maximum absolute atomic E-state index is 11.9. The summed E-state index contributed by atoms with van der Waals surface area (Å²) in [6.45, 7) is 2.10. The zero-order valence-corrected chi connectivity index (χ0v) is 16.4. The SMILES string of the molecule is CCOC(=O)c1ccc(N[C@@H](c2ccccn2)c2ccc3cccnc3c2O)cc1. The molecule has 0 aliphatic rings. The topological polar surface area (TPSA) is 84.3 Å². The van der Waals surface area contributed by atoms with E-state index in [-0.39, 0.29) is 11.7 Å². The minimum absolute atomic E-state index is 0.111. The van der Waals surface area contributed by atoms with Crippen LogP contribution >= 0.6 is 0 Å². The molecule has 6 nitrogen and oxygen atoms in total. The molecule has 6 heteroatoms. The van der Waals surface area contributed by atoms with Crippen molar-refractivity contribution in [2.45, 2.75) is 13.0 Å². The molecule has 30 heavy (non-hydrogen) atoms. The Morgan fingerprint density at radius 2 is 1.80 bits per heavy atom. The maximum Gasteiger partial charge on any atom is 0.338 e. The summed E-state index contributed by atoms with van der Waals surface area (Å²) in [5.41, 5.74) is 3.20. The molecule has 0 aliphatic heterocycles. The third-order valence-electron chi connectivity index (χ3n) is 4.78. The number of hydrogen-bond acceptors (Lipinski definition) is 6. The van der Waals surface area contributed by atoms with Gasteiger partial charge in [0.2, 0.25) is 0 Å². The molecule has 2 aromatic heterocycles. The molecule has 1 atom stereocenters. The average molecular weight is 399 g/mol. The molecule has 0 unspecified atom stereocenters. The predicted octanol–water partition coefficient (Wildman–Crippen LogP) is 4.71. The van der Waals surface area contributed by atoms with Gasteiger partial charge in [-0.3, -0.25) is 9.97 Å². The van der Waals surface area contributed by atoms with Crippen LogP contribution in [0.25, 0.3) is 10.9 Å². The highest BCUT2D eigenvalue weighted by Crippen LogP contribution is 2.35. The number of aromatic nitrogens is 2. The van der Waals surface area contributed by atoms with Crippen LogP contribution in [-0.4, -0.2) is 27.7 Å². The van der Waals surface area contributed by atoms with Crippen molar-refractivity contribution in [2.24, 2.45) is 0 Å². The number of benzene rings is 2. The largest absolute Gasteiger partial charge is 0.505 e. The van der Waals surface area contributed by atoms with Crippen molar-refractivity contribution in [3.63, 3.8) is 0 Å². The Hall–Kier alpha value is -3.93. The van der Waals surface area contributed by atoms with Crippen molar-refractivity contribution in [2.75, 3.05) is 11.9 Å². The molecule has 2 N–H and O–H groups in total. The Labute approximate surface area is 174 Å². The Balaban J connectivity index is 1.72. The standard InChI is InChI=1S/C24H21N3O3/c1-2-30-24(29)17-8-11-18(12-9-17)27-22(20-7-3-4-14-25-20)19-13-10-16-6-5-15-26-21(16)23(19)28/h3-15,22,27-28H,2H2,1H3/t22-/m1/s1. The quantitative estimate of drug-likeness (QED) is 0.457. The normalized spacial score (nSPS) is 11.8. The lowest BCUT2D eigenvalue weighted by atomic mass is 9.99. The molecule has 0 spiro atoms. The average Bonchev–Trinajstić information content (AvgIpc) is 2.79. The van der Waals surface area contributed by atoms with E-state index in [0.29, 0.717) is 23.3 Å². The fourth-order valence-corrected chi connectivity index (χ4v) is 3.32. The van der Waals surface area contributed by atoms with Crippen LogP contribution in [0.3, 0.4) is 0 Å². The number of carbonyl (C=O) groups excluding carboxylic acids is 1. The van der Waals surface area contributed by atoms with E-state index in [1.54, 1.807) is 43.6 Å². The van der Waals surface area contributed by atoms with E-state index in [0.717, 1.165) is 16.8 Å². The number of pyridine rings is 2. The van der Waals surface area contributed by atoms with E-state index in [9.17, 15) is 9.90 Å². The molecule has 4 rings (SSSR count). The summed E-state index contributed by atoms with van der Waals surface area (Å²) < 4.78 is 5.03. The van der Waals surface area contributed by atoms with Crippen LogP contribution in [0.2, 0.25) is 0 Å². The van der Waals surface area contributed by atoms with Gasteiger partial charge >= 0.3 is 5.97 Å². The minimum atomic E-state index is -0.411. The lowest BCUT2D eigenvalue weighted by Crippen LogP contribution is -2.14. The van der Waals surface area contributed by atoms with Crippen molar-refractivity contribution in [1.82, 2.24) is 9.97 Å². The number of aromatic hydroxyl groups is 1. The molecule has 4 aromatic rings. The van der Waals surface area contributed by atoms with Gasteiger partial charge in [0.1, 0.15) is 11.3 Å². The van der Waals surface area contributed by atoms with Gasteiger partial charge in [0.15, 0.2) is 0 Å². The second kappa shape index (κ2) is 8.61. The third kappa shape index (κ3) is 3.93. The molecule has 2 heterocycles. The Bertz CT molecular complexity index is 1160. The summed E-state index contributed by atoms with van der Waals surface area (Å²) in [7, 11) is 0. The number of nitrogens with one attached hydrogen (secondary N) is 1. The van der Waals surface area contributed by atoms with E-state index in [1.807, 2.05) is 42.5 Å². The summed E-state index contributed by atoms with van der Waals surface area (Å²) in [5, 5.41) is 15.2. The molecule has 150 valence electrons. The number of fused-ring (bicyclic) bond motifs is 1. The smallest absolute Gasteiger partial charge is 0.338 e. The van der Waals surface area contributed by atoms with Gasteiger partial charge in [-0.25, -0.2) is 4.79 Å². The van der Waals surface area contributed by atoms with Crippen molar-refractivity contribution < 1.29 is 14.6 Å². The molecule has 0 saturated heterocycles. The fourth-order valence-electron chi connectivity index (χ4n) is 3.32. The van der Waals surface area contributed by atoms with Crippen LogP contribution in [-0.2, 0) is 4.74 Å². The van der Waals surface area contributed by atoms with Crippen LogP contribution in [0.1, 0.15) is 34.6 Å². The van der Waals surface area contributed by atoms with Gasteiger partial charge in [-0.1, -0.05) is 24.3 Å². The van der Waals surface area contributed by atoms with Crippen LogP contribution in [0, 0.1) is 0 Å². The third-order valence-corrected chi connectivity index (χ3v) is 4.78.